The van der Waals surface area contributed by atoms with Crippen molar-refractivity contribution in [3.63, 3.8) is 0 Å². The van der Waals surface area contributed by atoms with Crippen LogP contribution in [-0.4, -0.2) is 13.4 Å². The molecule has 2 aromatic carbocycles. The fraction of sp³-hybridized carbons (Fsp3) is 0.0556. The molecular weight excluding hydrogens is 440 g/mol. The van der Waals surface area contributed by atoms with Gasteiger partial charge < -0.3 is 4.74 Å². The van der Waals surface area contributed by atoms with Gasteiger partial charge in [-0.25, -0.2) is 8.42 Å². The smallest absolute Gasteiger partial charge is 0.261 e. The molecule has 8 heteroatoms. The Morgan fingerprint density at radius 1 is 1.08 bits per heavy atom. The normalized spacial score (nSPS) is 11.2. The quantitative estimate of drug-likeness (QED) is 0.578. The van der Waals surface area contributed by atoms with Gasteiger partial charge in [0.15, 0.2) is 0 Å². The van der Waals surface area contributed by atoms with E-state index in [0.717, 1.165) is 5.69 Å². The molecule has 0 aliphatic rings. The summed E-state index contributed by atoms with van der Waals surface area (Å²) in [6, 6.07) is 16.7. The van der Waals surface area contributed by atoms with Gasteiger partial charge in [-0.15, -0.1) is 0 Å². The minimum absolute atomic E-state index is 0.151. The standard InChI is InChI=1S/C18H14BrClN2O3S/c19-13-4-3-6-16(10-13)26(23,24)22-14-7-8-18(17(20)11-14)25-12-15-5-1-2-9-21-15/h1-11,22H,12H2. The second-order valence-corrected chi connectivity index (χ2v) is 8.32. The van der Waals surface area contributed by atoms with Crippen molar-refractivity contribution in [1.29, 1.82) is 0 Å². The molecule has 5 nitrogen and oxygen atoms in total. The number of ether oxygens (including phenoxy) is 1. The van der Waals surface area contributed by atoms with Crippen LogP contribution in [-0.2, 0) is 16.6 Å². The van der Waals surface area contributed by atoms with Crippen LogP contribution < -0.4 is 9.46 Å². The van der Waals surface area contributed by atoms with E-state index >= 15 is 0 Å². The van der Waals surface area contributed by atoms with Crippen molar-refractivity contribution in [3.8, 4) is 5.75 Å². The lowest BCUT2D eigenvalue weighted by Crippen LogP contribution is -2.12. The summed E-state index contributed by atoms with van der Waals surface area (Å²) >= 11 is 9.47. The first kappa shape index (κ1) is 18.7. The number of halogens is 2. The van der Waals surface area contributed by atoms with Gasteiger partial charge in [-0.05, 0) is 48.5 Å². The molecule has 134 valence electrons. The van der Waals surface area contributed by atoms with Crippen LogP contribution in [0.5, 0.6) is 5.75 Å². The number of hydrogen-bond donors (Lipinski definition) is 1. The Labute approximate surface area is 165 Å². The molecule has 0 unspecified atom stereocenters. The molecule has 0 spiro atoms. The summed E-state index contributed by atoms with van der Waals surface area (Å²) < 4.78 is 33.7. The van der Waals surface area contributed by atoms with E-state index < -0.39 is 10.0 Å². The van der Waals surface area contributed by atoms with E-state index in [4.69, 9.17) is 16.3 Å². The Morgan fingerprint density at radius 3 is 2.62 bits per heavy atom. The summed E-state index contributed by atoms with van der Waals surface area (Å²) in [5.41, 5.74) is 1.11. The number of hydrogen-bond acceptors (Lipinski definition) is 4. The second-order valence-electron chi connectivity index (χ2n) is 5.32. The lowest BCUT2D eigenvalue weighted by Gasteiger charge is -2.11. The summed E-state index contributed by atoms with van der Waals surface area (Å²) in [5.74, 6) is 0.447. The zero-order valence-corrected chi connectivity index (χ0v) is 16.6. The topological polar surface area (TPSA) is 68.3 Å². The molecular formula is C18H14BrClN2O3S. The van der Waals surface area contributed by atoms with Crippen LogP contribution in [0.3, 0.4) is 0 Å². The largest absolute Gasteiger partial charge is 0.486 e. The third-order valence-corrected chi connectivity index (χ3v) is 5.56. The first-order valence-corrected chi connectivity index (χ1v) is 10.2. The van der Waals surface area contributed by atoms with Gasteiger partial charge in [0, 0.05) is 10.7 Å². The maximum atomic E-state index is 12.4. The molecule has 0 saturated carbocycles. The van der Waals surface area contributed by atoms with Crippen LogP contribution in [0.15, 0.2) is 76.2 Å². The molecule has 0 aliphatic carbocycles. The Morgan fingerprint density at radius 2 is 1.92 bits per heavy atom. The molecule has 1 N–H and O–H groups in total. The zero-order valence-electron chi connectivity index (χ0n) is 13.4. The van der Waals surface area contributed by atoms with Crippen LogP contribution in [0.4, 0.5) is 5.69 Å². The molecule has 0 fully saturated rings. The van der Waals surface area contributed by atoms with Crippen LogP contribution >= 0.6 is 27.5 Å². The lowest BCUT2D eigenvalue weighted by molar-refractivity contribution is 0.301. The van der Waals surface area contributed by atoms with Crippen molar-refractivity contribution in [2.45, 2.75) is 11.5 Å². The summed E-state index contributed by atoms with van der Waals surface area (Å²) in [6.07, 6.45) is 1.68. The third-order valence-electron chi connectivity index (χ3n) is 3.39. The van der Waals surface area contributed by atoms with Crippen molar-refractivity contribution in [3.05, 3.63) is 82.0 Å². The van der Waals surface area contributed by atoms with Crippen molar-refractivity contribution in [2.24, 2.45) is 0 Å². The van der Waals surface area contributed by atoms with E-state index in [9.17, 15) is 8.42 Å². The monoisotopic (exact) mass is 452 g/mol. The summed E-state index contributed by atoms with van der Waals surface area (Å²) in [5, 5.41) is 0.301. The maximum Gasteiger partial charge on any atom is 0.261 e. The van der Waals surface area contributed by atoms with Crippen molar-refractivity contribution >= 4 is 43.2 Å². The minimum atomic E-state index is -3.71. The molecule has 0 amide bonds. The summed E-state index contributed by atoms with van der Waals surface area (Å²) in [4.78, 5) is 4.32. The van der Waals surface area contributed by atoms with Gasteiger partial charge in [0.2, 0.25) is 0 Å². The Kier molecular flexibility index (Phi) is 5.80. The van der Waals surface area contributed by atoms with Gasteiger partial charge in [-0.3, -0.25) is 9.71 Å². The lowest BCUT2D eigenvalue weighted by atomic mass is 10.3. The number of nitrogens with one attached hydrogen (secondary N) is 1. The highest BCUT2D eigenvalue weighted by Crippen LogP contribution is 2.29. The van der Waals surface area contributed by atoms with Crippen molar-refractivity contribution in [1.82, 2.24) is 4.98 Å². The highest BCUT2D eigenvalue weighted by Gasteiger charge is 2.15. The average molecular weight is 454 g/mol. The van der Waals surface area contributed by atoms with Gasteiger partial charge >= 0.3 is 0 Å². The van der Waals surface area contributed by atoms with Gasteiger partial charge in [0.1, 0.15) is 12.4 Å². The molecule has 3 aromatic rings. The molecule has 1 aromatic heterocycles. The highest BCUT2D eigenvalue weighted by atomic mass is 79.9. The summed E-state index contributed by atoms with van der Waals surface area (Å²) in [7, 11) is -3.71. The zero-order chi connectivity index (χ0) is 18.6. The first-order valence-electron chi connectivity index (χ1n) is 7.55. The molecule has 0 radical (unpaired) electrons. The molecule has 0 atom stereocenters. The van der Waals surface area contributed by atoms with Crippen LogP contribution in [0.25, 0.3) is 0 Å². The Bertz CT molecular complexity index is 1010. The number of pyridine rings is 1. The Hall–Kier alpha value is -2.09. The van der Waals surface area contributed by atoms with E-state index in [2.05, 4.69) is 25.6 Å². The molecule has 0 saturated heterocycles. The third kappa shape index (κ3) is 4.75. The average Bonchev–Trinajstić information content (AvgIpc) is 2.62. The van der Waals surface area contributed by atoms with E-state index in [1.54, 1.807) is 30.5 Å². The SMILES string of the molecule is O=S(=O)(Nc1ccc(OCc2ccccn2)c(Cl)c1)c1cccc(Br)c1. The minimum Gasteiger partial charge on any atom is -0.486 e. The van der Waals surface area contributed by atoms with Gasteiger partial charge in [0.25, 0.3) is 10.0 Å². The number of rotatable bonds is 6. The molecule has 26 heavy (non-hydrogen) atoms. The number of anilines is 1. The fourth-order valence-corrected chi connectivity index (χ4v) is 4.05. The predicted molar refractivity (Wildman–Crippen MR) is 105 cm³/mol. The van der Waals surface area contributed by atoms with Gasteiger partial charge in [-0.1, -0.05) is 39.7 Å². The van der Waals surface area contributed by atoms with Crippen LogP contribution in [0.1, 0.15) is 5.69 Å². The number of benzene rings is 2. The van der Waals surface area contributed by atoms with Crippen molar-refractivity contribution < 1.29 is 13.2 Å². The first-order chi connectivity index (χ1) is 12.4. The number of nitrogens with zero attached hydrogens (tertiary/aromatic N) is 1. The number of aromatic nitrogens is 1. The Balaban J connectivity index is 1.73. The van der Waals surface area contributed by atoms with Crippen LogP contribution in [0, 0.1) is 0 Å². The van der Waals surface area contributed by atoms with E-state index in [1.165, 1.54) is 18.2 Å². The molecule has 3 rings (SSSR count). The van der Waals surface area contributed by atoms with E-state index in [1.807, 2.05) is 18.2 Å². The molecule has 1 heterocycles. The number of sulfonamides is 1. The predicted octanol–water partition coefficient (Wildman–Crippen LogP) is 4.88. The molecule has 0 bridgehead atoms. The van der Waals surface area contributed by atoms with Gasteiger partial charge in [0.05, 0.1) is 21.3 Å². The van der Waals surface area contributed by atoms with Crippen molar-refractivity contribution in [2.75, 3.05) is 4.72 Å². The maximum absolute atomic E-state index is 12.4. The summed E-state index contributed by atoms with van der Waals surface area (Å²) in [6.45, 7) is 0.268. The van der Waals surface area contributed by atoms with Gasteiger partial charge in [-0.2, -0.15) is 0 Å². The van der Waals surface area contributed by atoms with Crippen LogP contribution in [0.2, 0.25) is 5.02 Å². The highest BCUT2D eigenvalue weighted by molar-refractivity contribution is 9.10. The van der Waals surface area contributed by atoms with E-state index in [-0.39, 0.29) is 11.5 Å². The molecule has 0 aliphatic heterocycles. The fourth-order valence-electron chi connectivity index (χ4n) is 2.16. The second kappa shape index (κ2) is 8.07. The van der Waals surface area contributed by atoms with E-state index in [0.29, 0.717) is 20.9 Å².